The fraction of sp³-hybridized carbons (Fsp3) is 0.278. The molecule has 0 amide bonds. The molecule has 2 aromatic rings. The first-order chi connectivity index (χ1) is 11.0. The predicted octanol–water partition coefficient (Wildman–Crippen LogP) is 4.88. The van der Waals surface area contributed by atoms with E-state index in [0.717, 1.165) is 17.5 Å². The maximum atomic E-state index is 9.36. The van der Waals surface area contributed by atoms with Gasteiger partial charge < -0.3 is 9.84 Å². The highest BCUT2D eigenvalue weighted by Crippen LogP contribution is 2.32. The summed E-state index contributed by atoms with van der Waals surface area (Å²) >= 11 is 11.9. The summed E-state index contributed by atoms with van der Waals surface area (Å²) in [5.41, 5.74) is 2.49. The van der Waals surface area contributed by atoms with Crippen LogP contribution in [0.5, 0.6) is 11.5 Å². The minimum Gasteiger partial charge on any atom is -0.508 e. The normalized spacial score (nSPS) is 11.7. The standard InChI is InChI=1S/C18H17Cl2NO2/c1-12(14-2-4-16(22)5-3-14)8-13-9-15(11-21)18(17(20)10-13)23-7-6-19/h2-5,9-10,12,22H,6-8H2,1H3/t12-/m1/s1. The Hall–Kier alpha value is -1.89. The summed E-state index contributed by atoms with van der Waals surface area (Å²) in [4.78, 5) is 0. The van der Waals surface area contributed by atoms with Crippen LogP contribution in [0.3, 0.4) is 0 Å². The topological polar surface area (TPSA) is 53.2 Å². The zero-order chi connectivity index (χ0) is 16.8. The molecule has 3 nitrogen and oxygen atoms in total. The van der Waals surface area contributed by atoms with E-state index in [-0.39, 0.29) is 11.7 Å². The Morgan fingerprint density at radius 1 is 1.26 bits per heavy atom. The molecule has 0 radical (unpaired) electrons. The highest BCUT2D eigenvalue weighted by Gasteiger charge is 2.14. The molecule has 23 heavy (non-hydrogen) atoms. The molecule has 0 aliphatic carbocycles. The lowest BCUT2D eigenvalue weighted by Gasteiger charge is -2.15. The van der Waals surface area contributed by atoms with E-state index in [9.17, 15) is 10.4 Å². The number of rotatable bonds is 6. The second-order valence-electron chi connectivity index (χ2n) is 5.30. The monoisotopic (exact) mass is 349 g/mol. The quantitative estimate of drug-likeness (QED) is 0.756. The highest BCUT2D eigenvalue weighted by atomic mass is 35.5. The molecule has 0 unspecified atom stereocenters. The van der Waals surface area contributed by atoms with Gasteiger partial charge in [0.05, 0.1) is 16.5 Å². The van der Waals surface area contributed by atoms with E-state index in [1.54, 1.807) is 18.2 Å². The summed E-state index contributed by atoms with van der Waals surface area (Å²) in [5, 5.41) is 19.1. The van der Waals surface area contributed by atoms with Crippen molar-refractivity contribution in [2.75, 3.05) is 12.5 Å². The molecule has 0 fully saturated rings. The van der Waals surface area contributed by atoms with Crippen LogP contribution in [0.4, 0.5) is 0 Å². The molecule has 0 saturated heterocycles. The smallest absolute Gasteiger partial charge is 0.155 e. The summed E-state index contributed by atoms with van der Waals surface area (Å²) in [7, 11) is 0. The lowest BCUT2D eigenvalue weighted by atomic mass is 9.93. The number of halogens is 2. The van der Waals surface area contributed by atoms with Crippen LogP contribution < -0.4 is 4.74 Å². The number of hydrogen-bond acceptors (Lipinski definition) is 3. The van der Waals surface area contributed by atoms with E-state index in [2.05, 4.69) is 13.0 Å². The van der Waals surface area contributed by atoms with Crippen molar-refractivity contribution in [1.29, 1.82) is 5.26 Å². The molecule has 1 N–H and O–H groups in total. The fourth-order valence-electron chi connectivity index (χ4n) is 2.41. The Morgan fingerprint density at radius 3 is 2.57 bits per heavy atom. The van der Waals surface area contributed by atoms with E-state index in [1.165, 1.54) is 0 Å². The fourth-order valence-corrected chi connectivity index (χ4v) is 2.79. The highest BCUT2D eigenvalue weighted by molar-refractivity contribution is 6.32. The number of nitrogens with zero attached hydrogens (tertiary/aromatic N) is 1. The predicted molar refractivity (Wildman–Crippen MR) is 92.6 cm³/mol. The molecule has 0 saturated carbocycles. The van der Waals surface area contributed by atoms with Crippen molar-refractivity contribution in [2.24, 2.45) is 0 Å². The average Bonchev–Trinajstić information content (AvgIpc) is 2.54. The van der Waals surface area contributed by atoms with E-state index in [1.807, 2.05) is 18.2 Å². The third-order valence-corrected chi connectivity index (χ3v) is 3.99. The number of phenolic OH excluding ortho intramolecular Hbond substituents is 1. The Balaban J connectivity index is 2.21. The molecule has 0 aliphatic rings. The average molecular weight is 350 g/mol. The van der Waals surface area contributed by atoms with Gasteiger partial charge in [-0.2, -0.15) is 5.26 Å². The van der Waals surface area contributed by atoms with Gasteiger partial charge in [-0.1, -0.05) is 30.7 Å². The van der Waals surface area contributed by atoms with Gasteiger partial charge in [0.25, 0.3) is 0 Å². The summed E-state index contributed by atoms with van der Waals surface area (Å²) < 4.78 is 5.45. The number of benzene rings is 2. The van der Waals surface area contributed by atoms with Crippen molar-refractivity contribution in [1.82, 2.24) is 0 Å². The minimum absolute atomic E-state index is 0.229. The van der Waals surface area contributed by atoms with Crippen molar-refractivity contribution in [2.45, 2.75) is 19.3 Å². The van der Waals surface area contributed by atoms with Gasteiger partial charge in [0.2, 0.25) is 0 Å². The lowest BCUT2D eigenvalue weighted by molar-refractivity contribution is 0.342. The maximum Gasteiger partial charge on any atom is 0.155 e. The maximum absolute atomic E-state index is 9.36. The number of hydrogen-bond donors (Lipinski definition) is 1. The first-order valence-corrected chi connectivity index (χ1v) is 8.16. The Bertz CT molecular complexity index is 708. The van der Waals surface area contributed by atoms with Crippen LogP contribution in [-0.2, 0) is 6.42 Å². The largest absolute Gasteiger partial charge is 0.508 e. The van der Waals surface area contributed by atoms with Crippen molar-refractivity contribution in [3.05, 3.63) is 58.1 Å². The summed E-state index contributed by atoms with van der Waals surface area (Å²) in [6.07, 6.45) is 0.731. The summed E-state index contributed by atoms with van der Waals surface area (Å²) in [6.45, 7) is 2.39. The first kappa shape index (κ1) is 17.5. The van der Waals surface area contributed by atoms with E-state index < -0.39 is 0 Å². The molecule has 120 valence electrons. The van der Waals surface area contributed by atoms with Crippen molar-refractivity contribution in [3.8, 4) is 17.6 Å². The molecular weight excluding hydrogens is 333 g/mol. The van der Waals surface area contributed by atoms with Crippen LogP contribution in [0.15, 0.2) is 36.4 Å². The number of aromatic hydroxyl groups is 1. The zero-order valence-electron chi connectivity index (χ0n) is 12.7. The third kappa shape index (κ3) is 4.54. The van der Waals surface area contributed by atoms with Crippen LogP contribution >= 0.6 is 23.2 Å². The number of ether oxygens (including phenoxy) is 1. The van der Waals surface area contributed by atoms with Gasteiger partial charge in [-0.3, -0.25) is 0 Å². The van der Waals surface area contributed by atoms with E-state index in [0.29, 0.717) is 28.8 Å². The molecular formula is C18H17Cl2NO2. The van der Waals surface area contributed by atoms with Gasteiger partial charge in [-0.25, -0.2) is 0 Å². The molecule has 2 rings (SSSR count). The molecule has 0 bridgehead atoms. The molecule has 0 spiro atoms. The van der Waals surface area contributed by atoms with Gasteiger partial charge in [0.1, 0.15) is 18.4 Å². The second kappa shape index (κ2) is 8.10. The van der Waals surface area contributed by atoms with Gasteiger partial charge in [-0.05, 0) is 47.7 Å². The lowest BCUT2D eigenvalue weighted by Crippen LogP contribution is -2.03. The van der Waals surface area contributed by atoms with Gasteiger partial charge in [0, 0.05) is 0 Å². The van der Waals surface area contributed by atoms with Crippen molar-refractivity contribution >= 4 is 23.2 Å². The Morgan fingerprint density at radius 2 is 1.96 bits per heavy atom. The zero-order valence-corrected chi connectivity index (χ0v) is 14.2. The van der Waals surface area contributed by atoms with Crippen LogP contribution in [0.2, 0.25) is 5.02 Å². The first-order valence-electron chi connectivity index (χ1n) is 7.25. The SMILES string of the molecule is C[C@H](Cc1cc(Cl)c(OCCCl)c(C#N)c1)c1ccc(O)cc1. The number of alkyl halides is 1. The summed E-state index contributed by atoms with van der Waals surface area (Å²) in [6, 6.07) is 12.9. The Labute approximate surface area is 146 Å². The molecule has 5 heteroatoms. The van der Waals surface area contributed by atoms with Crippen LogP contribution in [0.25, 0.3) is 0 Å². The molecule has 0 aliphatic heterocycles. The Kier molecular flexibility index (Phi) is 6.15. The molecule has 0 heterocycles. The van der Waals surface area contributed by atoms with E-state index >= 15 is 0 Å². The number of phenols is 1. The molecule has 1 atom stereocenters. The van der Waals surface area contributed by atoms with Crippen LogP contribution in [0, 0.1) is 11.3 Å². The van der Waals surface area contributed by atoms with Crippen LogP contribution in [-0.4, -0.2) is 17.6 Å². The minimum atomic E-state index is 0.229. The van der Waals surface area contributed by atoms with Crippen molar-refractivity contribution in [3.63, 3.8) is 0 Å². The number of nitriles is 1. The second-order valence-corrected chi connectivity index (χ2v) is 6.09. The van der Waals surface area contributed by atoms with Gasteiger partial charge in [-0.15, -0.1) is 11.6 Å². The van der Waals surface area contributed by atoms with Crippen molar-refractivity contribution < 1.29 is 9.84 Å². The van der Waals surface area contributed by atoms with Crippen LogP contribution in [0.1, 0.15) is 29.5 Å². The third-order valence-electron chi connectivity index (χ3n) is 3.55. The molecule has 0 aromatic heterocycles. The summed E-state index contributed by atoms with van der Waals surface area (Å²) in [5.74, 6) is 1.20. The van der Waals surface area contributed by atoms with Gasteiger partial charge in [0.15, 0.2) is 5.75 Å². The molecule has 2 aromatic carbocycles. The van der Waals surface area contributed by atoms with Gasteiger partial charge >= 0.3 is 0 Å². The van der Waals surface area contributed by atoms with E-state index in [4.69, 9.17) is 27.9 Å².